The third-order valence-corrected chi connectivity index (χ3v) is 5.12. The van der Waals surface area contributed by atoms with Gasteiger partial charge in [-0.1, -0.05) is 24.3 Å². The lowest BCUT2D eigenvalue weighted by atomic mass is 9.95. The van der Waals surface area contributed by atoms with Gasteiger partial charge in [0.1, 0.15) is 11.4 Å². The van der Waals surface area contributed by atoms with Crippen molar-refractivity contribution in [1.29, 1.82) is 0 Å². The first-order chi connectivity index (χ1) is 15.1. The summed E-state index contributed by atoms with van der Waals surface area (Å²) in [4.78, 5) is 37.6. The fourth-order valence-corrected chi connectivity index (χ4v) is 3.77. The molecule has 3 aromatic rings. The molecule has 0 spiro atoms. The summed E-state index contributed by atoms with van der Waals surface area (Å²) in [5.74, 6) is -1.89. The van der Waals surface area contributed by atoms with Crippen LogP contribution < -0.4 is 4.18 Å². The minimum atomic E-state index is -2.50. The normalized spacial score (nSPS) is 14.4. The van der Waals surface area contributed by atoms with E-state index in [0.29, 0.717) is 10.4 Å². The molecule has 1 unspecified atom stereocenters. The van der Waals surface area contributed by atoms with Crippen molar-refractivity contribution in [2.24, 2.45) is 0 Å². The fraction of sp³-hybridized carbons (Fsp3) is 0.174. The van der Waals surface area contributed by atoms with Crippen molar-refractivity contribution in [3.63, 3.8) is 0 Å². The Labute approximate surface area is 186 Å². The van der Waals surface area contributed by atoms with Crippen LogP contribution in [0.2, 0.25) is 0 Å². The van der Waals surface area contributed by atoms with Crippen LogP contribution in [0.4, 0.5) is 0 Å². The highest BCUT2D eigenvalue weighted by atomic mass is 32.2. The van der Waals surface area contributed by atoms with Gasteiger partial charge in [0.05, 0.1) is 16.7 Å². The molecule has 1 atom stereocenters. The Hall–Kier alpha value is -3.56. The molecule has 164 valence electrons. The quantitative estimate of drug-likeness (QED) is 0.426. The van der Waals surface area contributed by atoms with Gasteiger partial charge in [-0.15, -0.1) is 9.35 Å². The zero-order valence-electron chi connectivity index (χ0n) is 17.5. The molecule has 0 radical (unpaired) electrons. The zero-order valence-corrected chi connectivity index (χ0v) is 18.3. The maximum Gasteiger partial charge on any atom is 0.383 e. The van der Waals surface area contributed by atoms with Gasteiger partial charge >= 0.3 is 17.3 Å². The molecular weight excluding hydrogens is 434 g/mol. The second kappa shape index (κ2) is 8.18. The van der Waals surface area contributed by atoms with Gasteiger partial charge in [-0.05, 0) is 62.6 Å². The lowest BCUT2D eigenvalue weighted by molar-refractivity contribution is -0.0157. The van der Waals surface area contributed by atoms with Crippen LogP contribution in [0.3, 0.4) is 0 Å². The molecule has 32 heavy (non-hydrogen) atoms. The molecule has 0 saturated carbocycles. The van der Waals surface area contributed by atoms with E-state index in [0.717, 1.165) is 5.39 Å². The summed E-state index contributed by atoms with van der Waals surface area (Å²) in [5, 5.41) is 1.69. The lowest BCUT2D eigenvalue weighted by Gasteiger charge is -2.24. The third-order valence-electron chi connectivity index (χ3n) is 4.52. The maximum absolute atomic E-state index is 12.8. The molecule has 1 aliphatic rings. The summed E-state index contributed by atoms with van der Waals surface area (Å²) in [7, 11) is 0. The Morgan fingerprint density at radius 3 is 1.97 bits per heavy atom. The van der Waals surface area contributed by atoms with E-state index in [1.54, 1.807) is 57.2 Å². The van der Waals surface area contributed by atoms with E-state index in [1.807, 2.05) is 0 Å². The highest BCUT2D eigenvalue weighted by Gasteiger charge is 2.36. The van der Waals surface area contributed by atoms with Crippen LogP contribution in [0.15, 0.2) is 60.7 Å². The highest BCUT2D eigenvalue weighted by molar-refractivity contribution is 7.75. The minimum Gasteiger partial charge on any atom is -0.456 e. The Balaban J connectivity index is 1.47. The Bertz CT molecular complexity index is 1210. The number of ether oxygens (including phenoxy) is 1. The van der Waals surface area contributed by atoms with Crippen molar-refractivity contribution in [2.45, 2.75) is 26.4 Å². The summed E-state index contributed by atoms with van der Waals surface area (Å²) in [5.41, 5.74) is 0.163. The largest absolute Gasteiger partial charge is 0.456 e. The van der Waals surface area contributed by atoms with Crippen LogP contribution in [0.25, 0.3) is 10.8 Å². The first-order valence-electron chi connectivity index (χ1n) is 9.66. The first kappa shape index (κ1) is 21.7. The standard InChI is InChI=1S/C23H19NO7S/c1-23(2,3)29-22(27)15-10-12-16(13-11-15)30-32(28)31-24-20(25)17-8-4-6-14-7-5-9-18(19(14)17)21(24)26/h4-13H,1-3H3. The zero-order chi connectivity index (χ0) is 23.0. The lowest BCUT2D eigenvalue weighted by Crippen LogP contribution is -2.41. The number of carbonyl (C=O) groups is 3. The van der Waals surface area contributed by atoms with Crippen molar-refractivity contribution >= 4 is 39.9 Å². The number of imide groups is 1. The van der Waals surface area contributed by atoms with E-state index in [-0.39, 0.29) is 22.4 Å². The fourth-order valence-electron chi connectivity index (χ4n) is 3.21. The predicted octanol–water partition coefficient (Wildman–Crippen LogP) is 3.98. The second-order valence-electron chi connectivity index (χ2n) is 8.00. The Kier molecular flexibility index (Phi) is 5.53. The molecule has 3 aromatic carbocycles. The molecule has 0 saturated heterocycles. The minimum absolute atomic E-state index is 0.107. The molecule has 9 heteroatoms. The average Bonchev–Trinajstić information content (AvgIpc) is 2.74. The number of hydroxylamine groups is 2. The van der Waals surface area contributed by atoms with Crippen LogP contribution in [-0.4, -0.2) is 32.7 Å². The van der Waals surface area contributed by atoms with Gasteiger partial charge in [-0.25, -0.2) is 4.79 Å². The van der Waals surface area contributed by atoms with E-state index < -0.39 is 34.7 Å². The van der Waals surface area contributed by atoms with Crippen LogP contribution in [0, 0.1) is 0 Å². The number of esters is 1. The molecule has 2 amide bonds. The summed E-state index contributed by atoms with van der Waals surface area (Å²) >= 11 is -2.50. The molecule has 0 bridgehead atoms. The third kappa shape index (κ3) is 4.25. The summed E-state index contributed by atoms with van der Waals surface area (Å²) in [6, 6.07) is 15.8. The van der Waals surface area contributed by atoms with Gasteiger partial charge in [0.2, 0.25) is 0 Å². The highest BCUT2D eigenvalue weighted by Crippen LogP contribution is 2.30. The number of hydrogen-bond donors (Lipinski definition) is 0. The van der Waals surface area contributed by atoms with Gasteiger partial charge in [-0.3, -0.25) is 9.59 Å². The monoisotopic (exact) mass is 453 g/mol. The van der Waals surface area contributed by atoms with E-state index in [4.69, 9.17) is 13.2 Å². The van der Waals surface area contributed by atoms with E-state index >= 15 is 0 Å². The van der Waals surface area contributed by atoms with E-state index in [1.165, 1.54) is 24.3 Å². The van der Waals surface area contributed by atoms with Gasteiger partial charge in [0.25, 0.3) is 11.8 Å². The molecule has 1 heterocycles. The molecule has 4 rings (SSSR count). The van der Waals surface area contributed by atoms with Crippen molar-refractivity contribution in [3.8, 4) is 5.75 Å². The second-order valence-corrected chi connectivity index (χ2v) is 8.73. The van der Waals surface area contributed by atoms with Crippen LogP contribution in [-0.2, 0) is 20.4 Å². The van der Waals surface area contributed by atoms with Crippen molar-refractivity contribution in [1.82, 2.24) is 5.06 Å². The van der Waals surface area contributed by atoms with Crippen molar-refractivity contribution in [3.05, 3.63) is 77.4 Å². The summed E-state index contributed by atoms with van der Waals surface area (Å²) in [6.07, 6.45) is 0. The molecular formula is C23H19NO7S. The number of nitrogens with zero attached hydrogens (tertiary/aromatic N) is 1. The van der Waals surface area contributed by atoms with Crippen molar-refractivity contribution in [2.75, 3.05) is 0 Å². The average molecular weight is 453 g/mol. The first-order valence-corrected chi connectivity index (χ1v) is 10.7. The van der Waals surface area contributed by atoms with Gasteiger partial charge < -0.3 is 8.92 Å². The number of hydrogen-bond acceptors (Lipinski definition) is 7. The topological polar surface area (TPSA) is 99.2 Å². The van der Waals surface area contributed by atoms with Gasteiger partial charge in [0.15, 0.2) is 0 Å². The predicted molar refractivity (Wildman–Crippen MR) is 116 cm³/mol. The van der Waals surface area contributed by atoms with Crippen LogP contribution in [0.5, 0.6) is 5.75 Å². The molecule has 0 aromatic heterocycles. The van der Waals surface area contributed by atoms with E-state index in [2.05, 4.69) is 0 Å². The molecule has 0 aliphatic carbocycles. The Morgan fingerprint density at radius 1 is 0.875 bits per heavy atom. The van der Waals surface area contributed by atoms with Gasteiger partial charge in [-0.2, -0.15) is 4.21 Å². The van der Waals surface area contributed by atoms with Gasteiger partial charge in [0, 0.05) is 5.39 Å². The summed E-state index contributed by atoms with van der Waals surface area (Å²) < 4.78 is 27.8. The smallest absolute Gasteiger partial charge is 0.383 e. The molecule has 8 nitrogen and oxygen atoms in total. The number of benzene rings is 3. The van der Waals surface area contributed by atoms with Crippen molar-refractivity contribution < 1.29 is 31.8 Å². The summed E-state index contributed by atoms with van der Waals surface area (Å²) in [6.45, 7) is 5.26. The van der Waals surface area contributed by atoms with Crippen LogP contribution >= 0.6 is 0 Å². The maximum atomic E-state index is 12.8. The molecule has 0 fully saturated rings. The number of rotatable bonds is 5. The van der Waals surface area contributed by atoms with Crippen LogP contribution in [0.1, 0.15) is 51.8 Å². The number of carbonyl (C=O) groups excluding carboxylic acids is 3. The Morgan fingerprint density at radius 2 is 1.44 bits per heavy atom. The van der Waals surface area contributed by atoms with E-state index in [9.17, 15) is 18.6 Å². The molecule has 0 N–H and O–H groups in total. The number of amides is 2. The molecule has 1 aliphatic heterocycles. The SMILES string of the molecule is CC(C)(C)OC(=O)c1ccc(OS(=O)ON2C(=O)c3cccc4cccc(c34)C2=O)cc1.